The SMILES string of the molecule is Nc1ccc(C=CC(=S)NCc2cc3cc(-c4ccc(C(=S)N5CCC(F)(F)CC5)cn4)cc(C(F)(F)F)c3o2)cn1. The summed E-state index contributed by atoms with van der Waals surface area (Å²) in [5.74, 6) is -2.05. The molecule has 0 amide bonds. The van der Waals surface area contributed by atoms with Crippen LogP contribution >= 0.6 is 24.4 Å². The summed E-state index contributed by atoms with van der Waals surface area (Å²) in [6, 6.07) is 10.7. The second kappa shape index (κ2) is 11.7. The van der Waals surface area contributed by atoms with Crippen LogP contribution in [0, 0.1) is 0 Å². The summed E-state index contributed by atoms with van der Waals surface area (Å²) in [6.45, 7) is 0.313. The summed E-state index contributed by atoms with van der Waals surface area (Å²) in [5.41, 5.74) is 6.18. The van der Waals surface area contributed by atoms with Gasteiger partial charge in [-0.2, -0.15) is 13.2 Å². The fourth-order valence-corrected chi connectivity index (χ4v) is 4.93. The molecule has 1 aliphatic heterocycles. The molecule has 0 saturated carbocycles. The summed E-state index contributed by atoms with van der Waals surface area (Å²) in [6.07, 6.45) is 1.13. The summed E-state index contributed by atoms with van der Waals surface area (Å²) < 4.78 is 74.7. The Hall–Kier alpha value is -3.97. The Morgan fingerprint density at radius 3 is 2.45 bits per heavy atom. The number of piperidine rings is 1. The molecule has 0 bridgehead atoms. The molecule has 0 spiro atoms. The topological polar surface area (TPSA) is 80.2 Å². The number of anilines is 1. The molecule has 0 aliphatic carbocycles. The highest BCUT2D eigenvalue weighted by molar-refractivity contribution is 7.80. The first kappa shape index (κ1) is 29.5. The minimum absolute atomic E-state index is 0.0668. The highest BCUT2D eigenvalue weighted by Crippen LogP contribution is 2.39. The lowest BCUT2D eigenvalue weighted by molar-refractivity contribution is -0.136. The van der Waals surface area contributed by atoms with Crippen molar-refractivity contribution in [2.45, 2.75) is 31.5 Å². The predicted molar refractivity (Wildman–Crippen MR) is 159 cm³/mol. The van der Waals surface area contributed by atoms with Crippen molar-refractivity contribution in [3.63, 3.8) is 0 Å². The van der Waals surface area contributed by atoms with Gasteiger partial charge in [0.2, 0.25) is 0 Å². The summed E-state index contributed by atoms with van der Waals surface area (Å²) in [5, 5.41) is 3.20. The summed E-state index contributed by atoms with van der Waals surface area (Å²) in [4.78, 5) is 10.7. The quantitative estimate of drug-likeness (QED) is 0.136. The number of rotatable bonds is 6. The zero-order chi connectivity index (χ0) is 30.1. The lowest BCUT2D eigenvalue weighted by Crippen LogP contribution is -2.42. The molecule has 0 atom stereocenters. The first-order valence-corrected chi connectivity index (χ1v) is 13.6. The van der Waals surface area contributed by atoms with Crippen LogP contribution in [-0.2, 0) is 12.7 Å². The molecule has 6 nitrogen and oxygen atoms in total. The molecule has 1 fully saturated rings. The van der Waals surface area contributed by atoms with Crippen LogP contribution in [0.25, 0.3) is 28.3 Å². The van der Waals surface area contributed by atoms with Crippen molar-refractivity contribution in [1.29, 1.82) is 0 Å². The van der Waals surface area contributed by atoms with Crippen LogP contribution < -0.4 is 11.1 Å². The first-order chi connectivity index (χ1) is 19.9. The molecule has 4 aromatic rings. The fourth-order valence-electron chi connectivity index (χ4n) is 4.48. The van der Waals surface area contributed by atoms with Crippen molar-refractivity contribution < 1.29 is 26.4 Å². The van der Waals surface area contributed by atoms with E-state index in [2.05, 4.69) is 15.3 Å². The van der Waals surface area contributed by atoms with E-state index in [0.717, 1.165) is 11.6 Å². The van der Waals surface area contributed by atoms with Gasteiger partial charge in [0, 0.05) is 54.8 Å². The maximum atomic E-state index is 14.0. The number of hydrogen-bond donors (Lipinski definition) is 2. The maximum Gasteiger partial charge on any atom is 0.420 e. The highest BCUT2D eigenvalue weighted by atomic mass is 32.1. The minimum Gasteiger partial charge on any atom is -0.459 e. The Morgan fingerprint density at radius 2 is 1.81 bits per heavy atom. The van der Waals surface area contributed by atoms with Crippen molar-refractivity contribution in [2.75, 3.05) is 18.8 Å². The number of fused-ring (bicyclic) bond motifs is 1. The number of pyridine rings is 2. The summed E-state index contributed by atoms with van der Waals surface area (Å²) >= 11 is 10.7. The minimum atomic E-state index is -4.68. The Balaban J connectivity index is 1.33. The molecule has 1 aromatic carbocycles. The Morgan fingerprint density at radius 1 is 1.05 bits per heavy atom. The number of alkyl halides is 5. The molecular weight excluding hydrogens is 593 g/mol. The number of likely N-dealkylation sites (tertiary alicyclic amines) is 1. The number of nitrogen functional groups attached to an aromatic ring is 1. The number of nitrogens with two attached hydrogens (primary N) is 1. The second-order valence-corrected chi connectivity index (χ2v) is 10.6. The van der Waals surface area contributed by atoms with E-state index in [-0.39, 0.29) is 54.8 Å². The van der Waals surface area contributed by atoms with Gasteiger partial charge in [0.1, 0.15) is 22.1 Å². The van der Waals surface area contributed by atoms with Gasteiger partial charge in [0.25, 0.3) is 5.92 Å². The Bertz CT molecular complexity index is 1640. The molecule has 42 heavy (non-hydrogen) atoms. The summed E-state index contributed by atoms with van der Waals surface area (Å²) in [7, 11) is 0. The monoisotopic (exact) mass is 617 g/mol. The predicted octanol–water partition coefficient (Wildman–Crippen LogP) is 7.03. The second-order valence-electron chi connectivity index (χ2n) is 9.80. The standard InChI is InChI=1S/C29H24F5N5OS2/c30-28(31)7-9-39(10-8-28)27(42)18-3-4-23(36-15-18)19-11-20-12-21(40-26(20)22(13-19)29(32,33)34)16-38-25(41)6-2-17-1-5-24(35)37-14-17/h1-6,11-15H,7-10,16H2,(H2,35,37)(H,38,41). The number of halogens is 5. The van der Waals surface area contributed by atoms with Gasteiger partial charge < -0.3 is 20.4 Å². The van der Waals surface area contributed by atoms with E-state index < -0.39 is 17.7 Å². The third kappa shape index (κ3) is 6.90. The number of nitrogens with zero attached hydrogens (tertiary/aromatic N) is 3. The van der Waals surface area contributed by atoms with E-state index in [1.807, 2.05) is 0 Å². The van der Waals surface area contributed by atoms with Crippen LogP contribution in [0.4, 0.5) is 27.8 Å². The molecular formula is C29H24F5N5OS2. The number of furan rings is 1. The van der Waals surface area contributed by atoms with E-state index in [0.29, 0.717) is 27.1 Å². The van der Waals surface area contributed by atoms with Gasteiger partial charge in [-0.25, -0.2) is 13.8 Å². The van der Waals surface area contributed by atoms with Gasteiger partial charge in [-0.15, -0.1) is 0 Å². The van der Waals surface area contributed by atoms with E-state index in [1.165, 1.54) is 12.3 Å². The zero-order valence-electron chi connectivity index (χ0n) is 21.9. The number of benzene rings is 1. The van der Waals surface area contributed by atoms with Gasteiger partial charge in [0.15, 0.2) is 0 Å². The first-order valence-electron chi connectivity index (χ1n) is 12.8. The van der Waals surface area contributed by atoms with Gasteiger partial charge in [-0.1, -0.05) is 30.5 Å². The van der Waals surface area contributed by atoms with Crippen molar-refractivity contribution in [3.8, 4) is 11.3 Å². The van der Waals surface area contributed by atoms with Crippen molar-refractivity contribution >= 4 is 57.3 Å². The van der Waals surface area contributed by atoms with Crippen LogP contribution in [0.15, 0.2) is 65.4 Å². The van der Waals surface area contributed by atoms with Crippen molar-refractivity contribution in [3.05, 3.63) is 83.4 Å². The highest BCUT2D eigenvalue weighted by Gasteiger charge is 2.36. The van der Waals surface area contributed by atoms with Gasteiger partial charge >= 0.3 is 6.18 Å². The molecule has 3 N–H and O–H groups in total. The Labute approximate surface area is 248 Å². The molecule has 13 heteroatoms. The molecule has 0 unspecified atom stereocenters. The molecule has 1 saturated heterocycles. The van der Waals surface area contributed by atoms with Crippen molar-refractivity contribution in [2.24, 2.45) is 0 Å². The molecule has 5 rings (SSSR count). The average molecular weight is 618 g/mol. The molecule has 218 valence electrons. The molecule has 4 heterocycles. The van der Waals surface area contributed by atoms with Crippen molar-refractivity contribution in [1.82, 2.24) is 20.2 Å². The number of hydrogen-bond acceptors (Lipinski definition) is 6. The maximum absolute atomic E-state index is 14.0. The van der Waals surface area contributed by atoms with E-state index in [4.69, 9.17) is 34.6 Å². The third-order valence-electron chi connectivity index (χ3n) is 6.73. The van der Waals surface area contributed by atoms with Crippen LogP contribution in [-0.4, -0.2) is 43.9 Å². The number of thiocarbonyl (C=S) groups is 2. The lowest BCUT2D eigenvalue weighted by Gasteiger charge is -2.33. The average Bonchev–Trinajstić information content (AvgIpc) is 3.37. The number of nitrogens with one attached hydrogen (secondary N) is 1. The smallest absolute Gasteiger partial charge is 0.420 e. The van der Waals surface area contributed by atoms with Crippen LogP contribution in [0.3, 0.4) is 0 Å². The molecule has 1 aliphatic rings. The molecule has 0 radical (unpaired) electrons. The lowest BCUT2D eigenvalue weighted by atomic mass is 10.0. The van der Waals surface area contributed by atoms with E-state index >= 15 is 0 Å². The van der Waals surface area contributed by atoms with E-state index in [9.17, 15) is 22.0 Å². The van der Waals surface area contributed by atoms with Gasteiger partial charge in [0.05, 0.1) is 22.8 Å². The van der Waals surface area contributed by atoms with Crippen LogP contribution in [0.1, 0.15) is 35.3 Å². The zero-order valence-corrected chi connectivity index (χ0v) is 23.6. The Kier molecular flexibility index (Phi) is 8.24. The fraction of sp³-hybridized carbons (Fsp3) is 0.241. The largest absolute Gasteiger partial charge is 0.459 e. The third-order valence-corrected chi connectivity index (χ3v) is 7.51. The van der Waals surface area contributed by atoms with E-state index in [1.54, 1.807) is 53.6 Å². The van der Waals surface area contributed by atoms with Crippen LogP contribution in [0.5, 0.6) is 0 Å². The molecule has 3 aromatic heterocycles. The normalized spacial score (nSPS) is 15.3. The van der Waals surface area contributed by atoms with Crippen LogP contribution in [0.2, 0.25) is 0 Å². The van der Waals surface area contributed by atoms with Gasteiger partial charge in [-0.3, -0.25) is 4.98 Å². The van der Waals surface area contributed by atoms with Gasteiger partial charge in [-0.05, 0) is 54.1 Å². The number of aromatic nitrogens is 2.